The van der Waals surface area contributed by atoms with Gasteiger partial charge in [0, 0.05) is 26.7 Å². The van der Waals surface area contributed by atoms with Crippen LogP contribution in [-0.2, 0) is 22.7 Å². The number of aliphatic imine (C=N–C) groups is 1. The fourth-order valence-corrected chi connectivity index (χ4v) is 3.42. The average Bonchev–Trinajstić information content (AvgIpc) is 2.67. The number of hydrogen-bond acceptors (Lipinski definition) is 3. The maximum Gasteiger partial charge on any atom is 0.416 e. The Morgan fingerprint density at radius 2 is 1.59 bits per heavy atom. The van der Waals surface area contributed by atoms with Crippen molar-refractivity contribution in [1.82, 2.24) is 15.4 Å². The van der Waals surface area contributed by atoms with Crippen molar-refractivity contribution in [2.75, 3.05) is 20.1 Å². The zero-order valence-corrected chi connectivity index (χ0v) is 16.9. The Bertz CT molecular complexity index is 925. The van der Waals surface area contributed by atoms with Gasteiger partial charge in [-0.1, -0.05) is 29.8 Å². The van der Waals surface area contributed by atoms with Gasteiger partial charge in [-0.05, 0) is 36.8 Å². The molecule has 158 valence electrons. The topological polar surface area (TPSA) is 82.6 Å². The molecule has 0 saturated carbocycles. The molecule has 29 heavy (non-hydrogen) atoms. The van der Waals surface area contributed by atoms with Crippen molar-refractivity contribution in [1.29, 1.82) is 0 Å². The van der Waals surface area contributed by atoms with E-state index in [2.05, 4.69) is 20.3 Å². The molecule has 0 saturated heterocycles. The van der Waals surface area contributed by atoms with Crippen molar-refractivity contribution in [3.05, 3.63) is 65.2 Å². The van der Waals surface area contributed by atoms with Crippen LogP contribution in [0.15, 0.2) is 58.4 Å². The van der Waals surface area contributed by atoms with Gasteiger partial charge in [0.05, 0.1) is 10.5 Å². The van der Waals surface area contributed by atoms with Gasteiger partial charge in [-0.2, -0.15) is 13.2 Å². The molecule has 0 spiro atoms. The summed E-state index contributed by atoms with van der Waals surface area (Å²) >= 11 is 0. The number of aryl methyl sites for hydroxylation is 1. The fourth-order valence-electron chi connectivity index (χ4n) is 2.39. The molecule has 3 N–H and O–H groups in total. The van der Waals surface area contributed by atoms with E-state index in [1.165, 1.54) is 24.3 Å². The summed E-state index contributed by atoms with van der Waals surface area (Å²) in [4.78, 5) is 4.19. The molecular weight excluding hydrogens is 405 g/mol. The molecule has 0 atom stereocenters. The van der Waals surface area contributed by atoms with Crippen LogP contribution in [0.5, 0.6) is 0 Å². The van der Waals surface area contributed by atoms with Crippen molar-refractivity contribution in [3.63, 3.8) is 0 Å². The third kappa shape index (κ3) is 7.06. The predicted octanol–water partition coefficient (Wildman–Crippen LogP) is 2.66. The average molecular weight is 428 g/mol. The number of benzene rings is 2. The Morgan fingerprint density at radius 1 is 0.966 bits per heavy atom. The minimum atomic E-state index is -4.37. The molecule has 0 aliphatic carbocycles. The number of guanidine groups is 1. The quantitative estimate of drug-likeness (QED) is 0.360. The first-order valence-electron chi connectivity index (χ1n) is 8.79. The number of alkyl halides is 3. The van der Waals surface area contributed by atoms with Crippen LogP contribution < -0.4 is 15.4 Å². The van der Waals surface area contributed by atoms with E-state index in [9.17, 15) is 21.6 Å². The van der Waals surface area contributed by atoms with Crippen molar-refractivity contribution in [2.24, 2.45) is 4.99 Å². The lowest BCUT2D eigenvalue weighted by molar-refractivity contribution is -0.137. The van der Waals surface area contributed by atoms with Crippen molar-refractivity contribution < 1.29 is 21.6 Å². The molecule has 2 rings (SSSR count). The summed E-state index contributed by atoms with van der Waals surface area (Å²) in [7, 11) is -2.06. The smallest absolute Gasteiger partial charge is 0.355 e. The highest BCUT2D eigenvalue weighted by molar-refractivity contribution is 7.89. The van der Waals surface area contributed by atoms with Crippen LogP contribution in [0.4, 0.5) is 13.2 Å². The number of halogens is 3. The van der Waals surface area contributed by atoms with Crippen molar-refractivity contribution in [2.45, 2.75) is 24.5 Å². The summed E-state index contributed by atoms with van der Waals surface area (Å²) in [5.41, 5.74) is 0.916. The predicted molar refractivity (Wildman–Crippen MR) is 106 cm³/mol. The van der Waals surface area contributed by atoms with Crippen LogP contribution in [0.1, 0.15) is 16.7 Å². The maximum absolute atomic E-state index is 12.6. The fraction of sp³-hybridized carbons (Fsp3) is 0.316. The highest BCUT2D eigenvalue weighted by atomic mass is 32.2. The third-order valence-electron chi connectivity index (χ3n) is 4.01. The summed E-state index contributed by atoms with van der Waals surface area (Å²) in [5.74, 6) is 0.402. The summed E-state index contributed by atoms with van der Waals surface area (Å²) < 4.78 is 64.6. The highest BCUT2D eigenvalue weighted by Crippen LogP contribution is 2.29. The van der Waals surface area contributed by atoms with E-state index in [1.807, 2.05) is 6.92 Å². The lowest BCUT2D eigenvalue weighted by atomic mass is 10.1. The highest BCUT2D eigenvalue weighted by Gasteiger charge is 2.29. The van der Waals surface area contributed by atoms with Crippen LogP contribution in [0, 0.1) is 6.92 Å². The summed E-state index contributed by atoms with van der Waals surface area (Å²) in [6.45, 7) is 2.55. The van der Waals surface area contributed by atoms with Gasteiger partial charge in [-0.15, -0.1) is 0 Å². The zero-order chi connectivity index (χ0) is 21.5. The molecule has 2 aromatic carbocycles. The standard InChI is InChI=1S/C19H23F3N4O2S/c1-14-3-9-17(10-4-14)29(27,28)26-12-11-24-18(23-2)25-13-15-5-7-16(8-6-15)19(20,21)22/h3-10,26H,11-13H2,1-2H3,(H2,23,24,25). The van der Waals surface area contributed by atoms with E-state index in [0.29, 0.717) is 11.5 Å². The van der Waals surface area contributed by atoms with Gasteiger partial charge in [0.1, 0.15) is 0 Å². The maximum atomic E-state index is 12.6. The SMILES string of the molecule is CN=C(NCCNS(=O)(=O)c1ccc(C)cc1)NCc1ccc(C(F)(F)F)cc1. The second-order valence-electron chi connectivity index (χ2n) is 6.26. The van der Waals surface area contributed by atoms with Crippen molar-refractivity contribution >= 4 is 16.0 Å². The first-order chi connectivity index (χ1) is 13.6. The third-order valence-corrected chi connectivity index (χ3v) is 5.48. The van der Waals surface area contributed by atoms with Gasteiger partial charge in [0.2, 0.25) is 10.0 Å². The lowest BCUT2D eigenvalue weighted by Gasteiger charge is -2.13. The molecule has 0 radical (unpaired) electrons. The molecule has 0 amide bonds. The molecule has 0 aromatic heterocycles. The van der Waals surface area contributed by atoms with Gasteiger partial charge in [0.25, 0.3) is 0 Å². The molecule has 2 aromatic rings. The van der Waals surface area contributed by atoms with Gasteiger partial charge < -0.3 is 10.6 Å². The second-order valence-corrected chi connectivity index (χ2v) is 8.03. The number of nitrogens with one attached hydrogen (secondary N) is 3. The van der Waals surface area contributed by atoms with E-state index in [1.54, 1.807) is 19.2 Å². The summed E-state index contributed by atoms with van der Waals surface area (Å²) in [5, 5.41) is 5.90. The molecule has 0 unspecified atom stereocenters. The molecule has 0 aliphatic rings. The number of hydrogen-bond donors (Lipinski definition) is 3. The van der Waals surface area contributed by atoms with Crippen molar-refractivity contribution in [3.8, 4) is 0 Å². The first-order valence-corrected chi connectivity index (χ1v) is 10.3. The lowest BCUT2D eigenvalue weighted by Crippen LogP contribution is -2.41. The van der Waals surface area contributed by atoms with E-state index < -0.39 is 21.8 Å². The molecule has 0 bridgehead atoms. The molecule has 0 fully saturated rings. The molecule has 0 aliphatic heterocycles. The van der Waals surface area contributed by atoms with E-state index >= 15 is 0 Å². The molecule has 10 heteroatoms. The van der Waals surface area contributed by atoms with Crippen LogP contribution in [-0.4, -0.2) is 34.5 Å². The number of sulfonamides is 1. The van der Waals surface area contributed by atoms with Gasteiger partial charge in [-0.25, -0.2) is 13.1 Å². The minimum Gasteiger partial charge on any atom is -0.355 e. The van der Waals surface area contributed by atoms with E-state index in [4.69, 9.17) is 0 Å². The first kappa shape index (κ1) is 22.7. The largest absolute Gasteiger partial charge is 0.416 e. The van der Waals surface area contributed by atoms with Crippen LogP contribution in [0.25, 0.3) is 0 Å². The summed E-state index contributed by atoms with van der Waals surface area (Å²) in [6, 6.07) is 11.3. The Hall–Kier alpha value is -2.59. The normalized spacial score (nSPS) is 12.7. The van der Waals surface area contributed by atoms with Crippen LogP contribution in [0.2, 0.25) is 0 Å². The number of rotatable bonds is 7. The van der Waals surface area contributed by atoms with E-state index in [0.717, 1.165) is 17.7 Å². The second kappa shape index (κ2) is 9.75. The number of nitrogens with zero attached hydrogens (tertiary/aromatic N) is 1. The Morgan fingerprint density at radius 3 is 2.14 bits per heavy atom. The van der Waals surface area contributed by atoms with Crippen LogP contribution >= 0.6 is 0 Å². The van der Waals surface area contributed by atoms with Gasteiger partial charge >= 0.3 is 6.18 Å². The van der Waals surface area contributed by atoms with Gasteiger partial charge in [0.15, 0.2) is 5.96 Å². The molecular formula is C19H23F3N4O2S. The Balaban J connectivity index is 1.78. The molecule has 0 heterocycles. The summed E-state index contributed by atoms with van der Waals surface area (Å²) in [6.07, 6.45) is -4.37. The van der Waals surface area contributed by atoms with E-state index in [-0.39, 0.29) is 24.5 Å². The Kier molecular flexibility index (Phi) is 7.63. The van der Waals surface area contributed by atoms with Crippen LogP contribution in [0.3, 0.4) is 0 Å². The van der Waals surface area contributed by atoms with Gasteiger partial charge in [-0.3, -0.25) is 4.99 Å². The Labute approximate surface area is 168 Å². The monoisotopic (exact) mass is 428 g/mol. The minimum absolute atomic E-state index is 0.136. The molecule has 6 nitrogen and oxygen atoms in total. The zero-order valence-electron chi connectivity index (χ0n) is 16.0.